The minimum absolute atomic E-state index is 0.168. The number of nitrogens with one attached hydrogen (secondary N) is 2. The van der Waals surface area contributed by atoms with Crippen molar-refractivity contribution >= 4 is 11.9 Å². The Labute approximate surface area is 128 Å². The SMILES string of the molecule is CNCCCC/C=C\CCCCCCC(=O)NCC(=O)O. The summed E-state index contributed by atoms with van der Waals surface area (Å²) in [6.45, 7) is 0.811. The third-order valence-corrected chi connectivity index (χ3v) is 3.18. The van der Waals surface area contributed by atoms with E-state index in [1.165, 1.54) is 12.8 Å². The summed E-state index contributed by atoms with van der Waals surface area (Å²) in [6, 6.07) is 0. The first-order valence-corrected chi connectivity index (χ1v) is 7.95. The van der Waals surface area contributed by atoms with Crippen LogP contribution in [-0.2, 0) is 9.59 Å². The number of allylic oxidation sites excluding steroid dienone is 2. The Bertz CT molecular complexity index is 304. The Balaban J connectivity index is 3.23. The van der Waals surface area contributed by atoms with Gasteiger partial charge in [-0.3, -0.25) is 9.59 Å². The van der Waals surface area contributed by atoms with E-state index >= 15 is 0 Å². The monoisotopic (exact) mass is 298 g/mol. The van der Waals surface area contributed by atoms with Gasteiger partial charge in [0, 0.05) is 6.42 Å². The number of carbonyl (C=O) groups is 2. The molecule has 0 aliphatic carbocycles. The van der Waals surface area contributed by atoms with Crippen LogP contribution in [0.15, 0.2) is 12.2 Å². The van der Waals surface area contributed by atoms with E-state index < -0.39 is 5.97 Å². The van der Waals surface area contributed by atoms with Crippen LogP contribution in [0.1, 0.15) is 57.8 Å². The van der Waals surface area contributed by atoms with Crippen molar-refractivity contribution in [3.63, 3.8) is 0 Å². The largest absolute Gasteiger partial charge is 0.480 e. The Morgan fingerprint density at radius 3 is 2.19 bits per heavy atom. The summed E-state index contributed by atoms with van der Waals surface area (Å²) in [5.41, 5.74) is 0. The lowest BCUT2D eigenvalue weighted by molar-refractivity contribution is -0.137. The first-order chi connectivity index (χ1) is 10.2. The summed E-state index contributed by atoms with van der Waals surface area (Å²) < 4.78 is 0. The molecule has 5 heteroatoms. The van der Waals surface area contributed by atoms with E-state index in [0.29, 0.717) is 6.42 Å². The molecule has 122 valence electrons. The first kappa shape index (κ1) is 19.6. The van der Waals surface area contributed by atoms with Crippen molar-refractivity contribution in [2.45, 2.75) is 57.8 Å². The molecule has 0 aromatic heterocycles. The molecule has 21 heavy (non-hydrogen) atoms. The van der Waals surface area contributed by atoms with Crippen molar-refractivity contribution in [1.29, 1.82) is 0 Å². The summed E-state index contributed by atoms with van der Waals surface area (Å²) in [4.78, 5) is 21.5. The zero-order valence-corrected chi connectivity index (χ0v) is 13.2. The van der Waals surface area contributed by atoms with Crippen molar-refractivity contribution in [2.24, 2.45) is 0 Å². The molecule has 0 aromatic carbocycles. The van der Waals surface area contributed by atoms with Crippen LogP contribution < -0.4 is 10.6 Å². The van der Waals surface area contributed by atoms with E-state index in [1.807, 2.05) is 7.05 Å². The van der Waals surface area contributed by atoms with Gasteiger partial charge in [0.05, 0.1) is 0 Å². The number of carboxylic acid groups (broad SMARTS) is 1. The zero-order chi connectivity index (χ0) is 15.8. The number of carbonyl (C=O) groups excluding carboxylic acids is 1. The number of hydrogen-bond donors (Lipinski definition) is 3. The molecule has 0 heterocycles. The van der Waals surface area contributed by atoms with Crippen molar-refractivity contribution in [1.82, 2.24) is 10.6 Å². The van der Waals surface area contributed by atoms with Gasteiger partial charge in [0.15, 0.2) is 0 Å². The molecule has 3 N–H and O–H groups in total. The number of unbranched alkanes of at least 4 members (excludes halogenated alkanes) is 6. The summed E-state index contributed by atoms with van der Waals surface area (Å²) in [5.74, 6) is -1.17. The quantitative estimate of drug-likeness (QED) is 0.340. The van der Waals surface area contributed by atoms with Gasteiger partial charge in [0.1, 0.15) is 6.54 Å². The summed E-state index contributed by atoms with van der Waals surface area (Å²) in [6.07, 6.45) is 13.8. The lowest BCUT2D eigenvalue weighted by Crippen LogP contribution is -2.28. The highest BCUT2D eigenvalue weighted by atomic mass is 16.4. The van der Waals surface area contributed by atoms with E-state index in [1.54, 1.807) is 0 Å². The van der Waals surface area contributed by atoms with Crippen LogP contribution in [0.3, 0.4) is 0 Å². The molecule has 0 aliphatic heterocycles. The van der Waals surface area contributed by atoms with Crippen LogP contribution in [-0.4, -0.2) is 37.1 Å². The van der Waals surface area contributed by atoms with Gasteiger partial charge in [-0.25, -0.2) is 0 Å². The fourth-order valence-corrected chi connectivity index (χ4v) is 1.96. The Kier molecular flexibility index (Phi) is 14.1. The number of amides is 1. The molecule has 0 aliphatic rings. The van der Waals surface area contributed by atoms with Crippen LogP contribution in [0.5, 0.6) is 0 Å². The maximum atomic E-state index is 11.2. The predicted molar refractivity (Wildman–Crippen MR) is 85.3 cm³/mol. The third kappa shape index (κ3) is 16.6. The molecular weight excluding hydrogens is 268 g/mol. The molecule has 0 saturated carbocycles. The maximum absolute atomic E-state index is 11.2. The van der Waals surface area contributed by atoms with Gasteiger partial charge >= 0.3 is 5.97 Å². The van der Waals surface area contributed by atoms with Crippen LogP contribution in [0.25, 0.3) is 0 Å². The molecule has 0 spiro atoms. The highest BCUT2D eigenvalue weighted by Crippen LogP contribution is 2.06. The molecular formula is C16H30N2O3. The molecule has 0 saturated heterocycles. The minimum Gasteiger partial charge on any atom is -0.480 e. The van der Waals surface area contributed by atoms with Crippen molar-refractivity contribution in [3.05, 3.63) is 12.2 Å². The van der Waals surface area contributed by atoms with Gasteiger partial charge in [-0.15, -0.1) is 0 Å². The van der Waals surface area contributed by atoms with Gasteiger partial charge in [-0.1, -0.05) is 25.0 Å². The molecule has 5 nitrogen and oxygen atoms in total. The van der Waals surface area contributed by atoms with E-state index in [9.17, 15) is 9.59 Å². The summed E-state index contributed by atoms with van der Waals surface area (Å²) in [5, 5.41) is 13.9. The van der Waals surface area contributed by atoms with Crippen LogP contribution in [0.4, 0.5) is 0 Å². The average molecular weight is 298 g/mol. The molecule has 0 atom stereocenters. The third-order valence-electron chi connectivity index (χ3n) is 3.18. The van der Waals surface area contributed by atoms with E-state index in [-0.39, 0.29) is 12.5 Å². The second-order valence-corrected chi connectivity index (χ2v) is 5.19. The van der Waals surface area contributed by atoms with Gasteiger partial charge < -0.3 is 15.7 Å². The van der Waals surface area contributed by atoms with Crippen LogP contribution in [0, 0.1) is 0 Å². The molecule has 0 aromatic rings. The van der Waals surface area contributed by atoms with Gasteiger partial charge in [-0.05, 0) is 52.1 Å². The fraction of sp³-hybridized carbons (Fsp3) is 0.750. The molecule has 0 radical (unpaired) electrons. The number of hydrogen-bond acceptors (Lipinski definition) is 3. The highest BCUT2D eigenvalue weighted by molar-refractivity contribution is 5.80. The van der Waals surface area contributed by atoms with E-state index in [2.05, 4.69) is 22.8 Å². The average Bonchev–Trinajstić information content (AvgIpc) is 2.46. The van der Waals surface area contributed by atoms with Gasteiger partial charge in [0.25, 0.3) is 0 Å². The lowest BCUT2D eigenvalue weighted by atomic mass is 10.1. The second-order valence-electron chi connectivity index (χ2n) is 5.19. The van der Waals surface area contributed by atoms with Crippen molar-refractivity contribution in [3.8, 4) is 0 Å². The fourth-order valence-electron chi connectivity index (χ4n) is 1.96. The number of rotatable bonds is 14. The molecule has 1 amide bonds. The van der Waals surface area contributed by atoms with Crippen molar-refractivity contribution in [2.75, 3.05) is 20.1 Å². The Morgan fingerprint density at radius 1 is 0.952 bits per heavy atom. The maximum Gasteiger partial charge on any atom is 0.322 e. The normalized spacial score (nSPS) is 10.9. The predicted octanol–water partition coefficient (Wildman–Crippen LogP) is 2.47. The summed E-state index contributed by atoms with van der Waals surface area (Å²) in [7, 11) is 1.98. The molecule has 0 bridgehead atoms. The van der Waals surface area contributed by atoms with Crippen molar-refractivity contribution < 1.29 is 14.7 Å². The topological polar surface area (TPSA) is 78.4 Å². The van der Waals surface area contributed by atoms with Crippen LogP contribution in [0.2, 0.25) is 0 Å². The van der Waals surface area contributed by atoms with E-state index in [0.717, 1.165) is 45.1 Å². The first-order valence-electron chi connectivity index (χ1n) is 7.95. The van der Waals surface area contributed by atoms with Crippen LogP contribution >= 0.6 is 0 Å². The number of carboxylic acids is 1. The smallest absolute Gasteiger partial charge is 0.322 e. The number of aliphatic carboxylic acids is 1. The van der Waals surface area contributed by atoms with Gasteiger partial charge in [0.2, 0.25) is 5.91 Å². The molecule has 0 unspecified atom stereocenters. The molecule has 0 rings (SSSR count). The Hall–Kier alpha value is -1.36. The zero-order valence-electron chi connectivity index (χ0n) is 13.2. The van der Waals surface area contributed by atoms with E-state index in [4.69, 9.17) is 5.11 Å². The van der Waals surface area contributed by atoms with Gasteiger partial charge in [-0.2, -0.15) is 0 Å². The minimum atomic E-state index is -0.999. The standard InChI is InChI=1S/C16H30N2O3/c1-17-13-11-9-7-5-3-2-4-6-8-10-12-15(19)18-14-16(20)21/h3,5,17H,2,4,6-14H2,1H3,(H,18,19)(H,20,21)/b5-3-. The molecule has 0 fully saturated rings. The Morgan fingerprint density at radius 2 is 1.57 bits per heavy atom. The lowest BCUT2D eigenvalue weighted by Gasteiger charge is -2.02. The highest BCUT2D eigenvalue weighted by Gasteiger charge is 2.02. The summed E-state index contributed by atoms with van der Waals surface area (Å²) >= 11 is 0. The second kappa shape index (κ2) is 15.0.